The Kier molecular flexibility index (Phi) is 5.04. The smallest absolute Gasteiger partial charge is 0.147 e. The largest absolute Gasteiger partial charge is 0.497 e. The number of ether oxygens (including phenoxy) is 1. The van der Waals surface area contributed by atoms with E-state index in [1.54, 1.807) is 18.9 Å². The van der Waals surface area contributed by atoms with E-state index in [0.717, 1.165) is 16.2 Å². The Bertz CT molecular complexity index is 520. The zero-order valence-electron chi connectivity index (χ0n) is 10.8. The standard InChI is InChI=1S/C16H16O2S/c1-18-15-7-9-16(10-8-15)19-12-14(17)11-13-5-3-2-4-6-13/h2-10H,11-12H2,1H3. The van der Waals surface area contributed by atoms with Crippen LogP contribution < -0.4 is 4.74 Å². The second kappa shape index (κ2) is 7.00. The molecule has 0 fully saturated rings. The third kappa shape index (κ3) is 4.45. The molecular weight excluding hydrogens is 256 g/mol. The predicted molar refractivity (Wildman–Crippen MR) is 78.9 cm³/mol. The molecule has 2 rings (SSSR count). The minimum atomic E-state index is 0.243. The molecule has 0 heterocycles. The maximum atomic E-state index is 11.9. The highest BCUT2D eigenvalue weighted by molar-refractivity contribution is 8.00. The Morgan fingerprint density at radius 3 is 2.37 bits per heavy atom. The first kappa shape index (κ1) is 13.7. The van der Waals surface area contributed by atoms with Crippen molar-refractivity contribution in [2.24, 2.45) is 0 Å². The Morgan fingerprint density at radius 2 is 1.74 bits per heavy atom. The van der Waals surface area contributed by atoms with Gasteiger partial charge in [-0.3, -0.25) is 4.79 Å². The summed E-state index contributed by atoms with van der Waals surface area (Å²) in [6.45, 7) is 0. The highest BCUT2D eigenvalue weighted by Crippen LogP contribution is 2.21. The highest BCUT2D eigenvalue weighted by Gasteiger charge is 2.04. The summed E-state index contributed by atoms with van der Waals surface area (Å²) in [6, 6.07) is 17.6. The number of thioether (sulfide) groups is 1. The first-order chi connectivity index (χ1) is 9.28. The number of Topliss-reactive ketones (excluding diaryl/α,β-unsaturated/α-hetero) is 1. The lowest BCUT2D eigenvalue weighted by Gasteiger charge is -2.03. The van der Waals surface area contributed by atoms with Crippen LogP contribution in [0.5, 0.6) is 5.75 Å². The van der Waals surface area contributed by atoms with Gasteiger partial charge in [0, 0.05) is 11.3 Å². The molecule has 0 amide bonds. The summed E-state index contributed by atoms with van der Waals surface area (Å²) in [7, 11) is 1.64. The van der Waals surface area contributed by atoms with Crippen molar-refractivity contribution in [2.45, 2.75) is 11.3 Å². The van der Waals surface area contributed by atoms with Crippen LogP contribution in [0, 0.1) is 0 Å². The average Bonchev–Trinajstić information content (AvgIpc) is 2.47. The van der Waals surface area contributed by atoms with Gasteiger partial charge in [-0.2, -0.15) is 0 Å². The van der Waals surface area contributed by atoms with Gasteiger partial charge in [0.2, 0.25) is 0 Å². The van der Waals surface area contributed by atoms with E-state index < -0.39 is 0 Å². The molecule has 0 saturated carbocycles. The Hall–Kier alpha value is -1.74. The van der Waals surface area contributed by atoms with E-state index >= 15 is 0 Å². The SMILES string of the molecule is COc1ccc(SCC(=O)Cc2ccccc2)cc1. The maximum absolute atomic E-state index is 11.9. The van der Waals surface area contributed by atoms with Crippen molar-refractivity contribution in [3.63, 3.8) is 0 Å². The van der Waals surface area contributed by atoms with E-state index in [1.807, 2.05) is 54.6 Å². The van der Waals surface area contributed by atoms with E-state index in [1.165, 1.54) is 0 Å². The molecule has 0 aliphatic carbocycles. The summed E-state index contributed by atoms with van der Waals surface area (Å²) in [5, 5.41) is 0. The van der Waals surface area contributed by atoms with Crippen LogP contribution in [-0.4, -0.2) is 18.6 Å². The first-order valence-electron chi connectivity index (χ1n) is 6.10. The fraction of sp³-hybridized carbons (Fsp3) is 0.188. The number of hydrogen-bond donors (Lipinski definition) is 0. The zero-order valence-corrected chi connectivity index (χ0v) is 11.7. The molecule has 0 saturated heterocycles. The van der Waals surface area contributed by atoms with Crippen LogP contribution in [0.15, 0.2) is 59.5 Å². The molecular formula is C16H16O2S. The van der Waals surface area contributed by atoms with Crippen molar-refractivity contribution < 1.29 is 9.53 Å². The van der Waals surface area contributed by atoms with Crippen LogP contribution in [0.2, 0.25) is 0 Å². The van der Waals surface area contributed by atoms with Crippen molar-refractivity contribution in [1.82, 2.24) is 0 Å². The number of carbonyl (C=O) groups is 1. The van der Waals surface area contributed by atoms with Gasteiger partial charge in [0.25, 0.3) is 0 Å². The molecule has 0 spiro atoms. The molecule has 19 heavy (non-hydrogen) atoms. The third-order valence-electron chi connectivity index (χ3n) is 2.70. The van der Waals surface area contributed by atoms with Crippen LogP contribution in [0.1, 0.15) is 5.56 Å². The molecule has 0 bridgehead atoms. The number of ketones is 1. The molecule has 0 aliphatic rings. The lowest BCUT2D eigenvalue weighted by molar-refractivity contribution is -0.116. The Labute approximate surface area is 117 Å². The zero-order chi connectivity index (χ0) is 13.5. The van der Waals surface area contributed by atoms with E-state index in [9.17, 15) is 4.79 Å². The van der Waals surface area contributed by atoms with Crippen LogP contribution in [0.3, 0.4) is 0 Å². The predicted octanol–water partition coefficient (Wildman–Crippen LogP) is 3.60. The number of rotatable bonds is 6. The van der Waals surface area contributed by atoms with Crippen LogP contribution in [-0.2, 0) is 11.2 Å². The summed E-state index contributed by atoms with van der Waals surface area (Å²) >= 11 is 1.56. The van der Waals surface area contributed by atoms with Crippen LogP contribution >= 0.6 is 11.8 Å². The second-order valence-electron chi connectivity index (χ2n) is 4.17. The fourth-order valence-corrected chi connectivity index (χ4v) is 2.47. The Morgan fingerprint density at radius 1 is 1.05 bits per heavy atom. The van der Waals surface area contributed by atoms with Gasteiger partial charge in [-0.1, -0.05) is 30.3 Å². The fourth-order valence-electron chi connectivity index (χ4n) is 1.71. The number of carbonyl (C=O) groups excluding carboxylic acids is 1. The molecule has 2 nitrogen and oxygen atoms in total. The number of methoxy groups -OCH3 is 1. The highest BCUT2D eigenvalue weighted by atomic mass is 32.2. The van der Waals surface area contributed by atoms with Gasteiger partial charge in [-0.15, -0.1) is 11.8 Å². The lowest BCUT2D eigenvalue weighted by atomic mass is 10.1. The molecule has 0 unspecified atom stereocenters. The minimum Gasteiger partial charge on any atom is -0.497 e. The van der Waals surface area contributed by atoms with Gasteiger partial charge < -0.3 is 4.74 Å². The molecule has 0 aromatic heterocycles. The summed E-state index contributed by atoms with van der Waals surface area (Å²) < 4.78 is 5.10. The molecule has 98 valence electrons. The molecule has 2 aromatic rings. The van der Waals surface area contributed by atoms with E-state index in [2.05, 4.69) is 0 Å². The molecule has 0 atom stereocenters. The van der Waals surface area contributed by atoms with Crippen molar-refractivity contribution in [3.05, 3.63) is 60.2 Å². The van der Waals surface area contributed by atoms with Crippen molar-refractivity contribution in [1.29, 1.82) is 0 Å². The molecule has 0 aliphatic heterocycles. The quantitative estimate of drug-likeness (QED) is 0.752. The van der Waals surface area contributed by atoms with Gasteiger partial charge >= 0.3 is 0 Å². The van der Waals surface area contributed by atoms with Gasteiger partial charge in [0.15, 0.2) is 0 Å². The third-order valence-corrected chi connectivity index (χ3v) is 3.78. The summed E-state index contributed by atoms with van der Waals surface area (Å²) in [5.74, 6) is 1.58. The second-order valence-corrected chi connectivity index (χ2v) is 5.21. The Balaban J connectivity index is 1.83. The minimum absolute atomic E-state index is 0.243. The molecule has 2 aromatic carbocycles. The van der Waals surface area contributed by atoms with Crippen LogP contribution in [0.25, 0.3) is 0 Å². The number of hydrogen-bond acceptors (Lipinski definition) is 3. The monoisotopic (exact) mass is 272 g/mol. The van der Waals surface area contributed by atoms with Gasteiger partial charge in [-0.05, 0) is 29.8 Å². The van der Waals surface area contributed by atoms with Crippen molar-refractivity contribution in [2.75, 3.05) is 12.9 Å². The summed E-state index contributed by atoms with van der Waals surface area (Å²) in [6.07, 6.45) is 0.504. The maximum Gasteiger partial charge on any atom is 0.147 e. The number of benzene rings is 2. The molecule has 3 heteroatoms. The van der Waals surface area contributed by atoms with Gasteiger partial charge in [0.1, 0.15) is 11.5 Å². The van der Waals surface area contributed by atoms with Crippen molar-refractivity contribution >= 4 is 17.5 Å². The topological polar surface area (TPSA) is 26.3 Å². The van der Waals surface area contributed by atoms with Crippen LogP contribution in [0.4, 0.5) is 0 Å². The van der Waals surface area contributed by atoms with Crippen molar-refractivity contribution in [3.8, 4) is 5.75 Å². The lowest BCUT2D eigenvalue weighted by Crippen LogP contribution is -2.05. The average molecular weight is 272 g/mol. The first-order valence-corrected chi connectivity index (χ1v) is 7.09. The van der Waals surface area contributed by atoms with Gasteiger partial charge in [-0.25, -0.2) is 0 Å². The normalized spacial score (nSPS) is 10.2. The molecule has 0 N–H and O–H groups in total. The van der Waals surface area contributed by atoms with E-state index in [-0.39, 0.29) is 5.78 Å². The van der Waals surface area contributed by atoms with E-state index in [0.29, 0.717) is 12.2 Å². The summed E-state index contributed by atoms with van der Waals surface area (Å²) in [4.78, 5) is 12.9. The molecule has 0 radical (unpaired) electrons. The van der Waals surface area contributed by atoms with Gasteiger partial charge in [0.05, 0.1) is 12.9 Å². The summed E-state index contributed by atoms with van der Waals surface area (Å²) in [5.41, 5.74) is 1.07. The van der Waals surface area contributed by atoms with E-state index in [4.69, 9.17) is 4.74 Å².